The molecule has 0 bridgehead atoms. The molecule has 0 atom stereocenters. The van der Waals surface area contributed by atoms with E-state index in [4.69, 9.17) is 9.97 Å². The molecular formula is C31H19N3. The van der Waals surface area contributed by atoms with Crippen LogP contribution in [-0.4, -0.2) is 15.0 Å². The van der Waals surface area contributed by atoms with Crippen molar-refractivity contribution in [2.24, 2.45) is 0 Å². The molecule has 0 unspecified atom stereocenters. The standard InChI is InChI=1S/C31H19N3/c1-2-7-20(8-3-1)21-12-14-23(15-13-21)29-26-19-33-31-25(17-16-22-9-6-18-32-30(22)31)28(26)24-10-4-5-11-27(24)34-29/h1-19H. The van der Waals surface area contributed by atoms with E-state index >= 15 is 0 Å². The van der Waals surface area contributed by atoms with Crippen molar-refractivity contribution in [3.63, 3.8) is 0 Å². The second-order valence-corrected chi connectivity index (χ2v) is 8.50. The molecule has 3 heterocycles. The fourth-order valence-electron chi connectivity index (χ4n) is 4.90. The van der Waals surface area contributed by atoms with E-state index in [1.54, 1.807) is 0 Å². The molecule has 3 nitrogen and oxygen atoms in total. The lowest BCUT2D eigenvalue weighted by Crippen LogP contribution is -1.93. The van der Waals surface area contributed by atoms with Crippen LogP contribution in [0.1, 0.15) is 0 Å². The van der Waals surface area contributed by atoms with Gasteiger partial charge in [-0.25, -0.2) is 4.98 Å². The van der Waals surface area contributed by atoms with Gasteiger partial charge in [0, 0.05) is 44.9 Å². The first-order valence-electron chi connectivity index (χ1n) is 11.4. The number of fused-ring (bicyclic) bond motifs is 7. The van der Waals surface area contributed by atoms with Crippen molar-refractivity contribution in [2.75, 3.05) is 0 Å². The normalized spacial score (nSPS) is 11.5. The van der Waals surface area contributed by atoms with E-state index in [0.717, 1.165) is 49.4 Å². The van der Waals surface area contributed by atoms with Gasteiger partial charge in [-0.15, -0.1) is 0 Å². The van der Waals surface area contributed by atoms with Gasteiger partial charge in [0.05, 0.1) is 22.2 Å². The van der Waals surface area contributed by atoms with Gasteiger partial charge in [0.1, 0.15) is 0 Å². The first-order valence-corrected chi connectivity index (χ1v) is 11.4. The zero-order chi connectivity index (χ0) is 22.5. The Labute approximate surface area is 196 Å². The van der Waals surface area contributed by atoms with Crippen LogP contribution in [0.15, 0.2) is 116 Å². The van der Waals surface area contributed by atoms with Crippen molar-refractivity contribution in [1.82, 2.24) is 15.0 Å². The topological polar surface area (TPSA) is 38.7 Å². The molecule has 34 heavy (non-hydrogen) atoms. The van der Waals surface area contributed by atoms with Crippen LogP contribution in [0.25, 0.3) is 65.9 Å². The summed E-state index contributed by atoms with van der Waals surface area (Å²) in [6.07, 6.45) is 3.80. The highest BCUT2D eigenvalue weighted by Gasteiger charge is 2.15. The van der Waals surface area contributed by atoms with Gasteiger partial charge in [0.25, 0.3) is 0 Å². The predicted molar refractivity (Wildman–Crippen MR) is 141 cm³/mol. The fraction of sp³-hybridized carbons (Fsp3) is 0. The number of nitrogens with zero attached hydrogens (tertiary/aromatic N) is 3. The molecule has 3 aromatic heterocycles. The average molecular weight is 434 g/mol. The summed E-state index contributed by atoms with van der Waals surface area (Å²) in [5.41, 5.74) is 7.25. The van der Waals surface area contributed by atoms with Crippen LogP contribution in [-0.2, 0) is 0 Å². The Morgan fingerprint density at radius 1 is 0.471 bits per heavy atom. The first-order chi connectivity index (χ1) is 16.9. The monoisotopic (exact) mass is 433 g/mol. The highest BCUT2D eigenvalue weighted by Crippen LogP contribution is 2.37. The Balaban J connectivity index is 1.53. The summed E-state index contributed by atoms with van der Waals surface area (Å²) < 4.78 is 0. The molecule has 0 saturated heterocycles. The van der Waals surface area contributed by atoms with Gasteiger partial charge < -0.3 is 0 Å². The van der Waals surface area contributed by atoms with E-state index in [0.29, 0.717) is 0 Å². The van der Waals surface area contributed by atoms with Crippen LogP contribution >= 0.6 is 0 Å². The SMILES string of the molecule is c1ccc(-c2ccc(-c3nc4ccccc4c4c3cnc3c4ccc4cccnc43)cc2)cc1. The van der Waals surface area contributed by atoms with Gasteiger partial charge in [-0.2, -0.15) is 0 Å². The maximum absolute atomic E-state index is 5.09. The van der Waals surface area contributed by atoms with E-state index in [9.17, 15) is 0 Å². The largest absolute Gasteiger partial charge is 0.254 e. The Bertz CT molecular complexity index is 1840. The number of hydrogen-bond donors (Lipinski definition) is 0. The molecule has 0 amide bonds. The predicted octanol–water partition coefficient (Wildman–Crippen LogP) is 7.82. The Morgan fingerprint density at radius 2 is 1.24 bits per heavy atom. The highest BCUT2D eigenvalue weighted by atomic mass is 14.8. The summed E-state index contributed by atoms with van der Waals surface area (Å²) in [5.74, 6) is 0. The fourth-order valence-corrected chi connectivity index (χ4v) is 4.90. The summed E-state index contributed by atoms with van der Waals surface area (Å²) in [5, 5.41) is 5.55. The number of pyridine rings is 3. The van der Waals surface area contributed by atoms with Gasteiger partial charge in [0.15, 0.2) is 0 Å². The number of benzene rings is 4. The first kappa shape index (κ1) is 18.9. The number of para-hydroxylation sites is 1. The van der Waals surface area contributed by atoms with Crippen molar-refractivity contribution >= 4 is 43.5 Å². The lowest BCUT2D eigenvalue weighted by Gasteiger charge is -2.13. The van der Waals surface area contributed by atoms with E-state index in [1.807, 2.05) is 30.6 Å². The van der Waals surface area contributed by atoms with Crippen LogP contribution in [0, 0.1) is 0 Å². The second kappa shape index (κ2) is 7.46. The summed E-state index contributed by atoms with van der Waals surface area (Å²) in [6.45, 7) is 0. The van der Waals surface area contributed by atoms with Gasteiger partial charge in [-0.1, -0.05) is 91.0 Å². The van der Waals surface area contributed by atoms with E-state index < -0.39 is 0 Å². The minimum absolute atomic E-state index is 0.923. The zero-order valence-electron chi connectivity index (χ0n) is 18.3. The summed E-state index contributed by atoms with van der Waals surface area (Å²) in [6, 6.07) is 35.8. The van der Waals surface area contributed by atoms with Gasteiger partial charge in [-0.05, 0) is 23.3 Å². The molecule has 7 aromatic rings. The van der Waals surface area contributed by atoms with Crippen molar-refractivity contribution in [2.45, 2.75) is 0 Å². The zero-order valence-corrected chi connectivity index (χ0v) is 18.3. The maximum atomic E-state index is 5.09. The third-order valence-corrected chi connectivity index (χ3v) is 6.54. The third kappa shape index (κ3) is 2.87. The van der Waals surface area contributed by atoms with Crippen LogP contribution in [0.3, 0.4) is 0 Å². The quantitative estimate of drug-likeness (QED) is 0.261. The molecule has 3 heteroatoms. The number of hydrogen-bond acceptors (Lipinski definition) is 3. The minimum Gasteiger partial charge on any atom is -0.254 e. The number of rotatable bonds is 2. The van der Waals surface area contributed by atoms with Crippen molar-refractivity contribution in [3.8, 4) is 22.4 Å². The molecule has 0 aliphatic rings. The van der Waals surface area contributed by atoms with Crippen molar-refractivity contribution < 1.29 is 0 Å². The van der Waals surface area contributed by atoms with Gasteiger partial charge >= 0.3 is 0 Å². The molecule has 0 aliphatic heterocycles. The maximum Gasteiger partial charge on any atom is 0.0971 e. The molecule has 0 N–H and O–H groups in total. The van der Waals surface area contributed by atoms with E-state index in [-0.39, 0.29) is 0 Å². The molecular weight excluding hydrogens is 414 g/mol. The Hall–Kier alpha value is -4.63. The van der Waals surface area contributed by atoms with Crippen LogP contribution in [0.5, 0.6) is 0 Å². The number of aromatic nitrogens is 3. The second-order valence-electron chi connectivity index (χ2n) is 8.50. The third-order valence-electron chi connectivity index (χ3n) is 6.54. The van der Waals surface area contributed by atoms with Crippen LogP contribution in [0.4, 0.5) is 0 Å². The lowest BCUT2D eigenvalue weighted by atomic mass is 9.96. The summed E-state index contributed by atoms with van der Waals surface area (Å²) in [4.78, 5) is 14.6. The smallest absolute Gasteiger partial charge is 0.0971 e. The Morgan fingerprint density at radius 3 is 2.12 bits per heavy atom. The molecule has 4 aromatic carbocycles. The summed E-state index contributed by atoms with van der Waals surface area (Å²) in [7, 11) is 0. The molecule has 0 aliphatic carbocycles. The highest BCUT2D eigenvalue weighted by molar-refractivity contribution is 6.24. The average Bonchev–Trinajstić information content (AvgIpc) is 2.92. The minimum atomic E-state index is 0.923. The van der Waals surface area contributed by atoms with E-state index in [2.05, 4.69) is 89.9 Å². The molecule has 0 radical (unpaired) electrons. The van der Waals surface area contributed by atoms with Crippen molar-refractivity contribution in [3.05, 3.63) is 116 Å². The van der Waals surface area contributed by atoms with E-state index in [1.165, 1.54) is 16.5 Å². The molecule has 0 spiro atoms. The Kier molecular flexibility index (Phi) is 4.15. The van der Waals surface area contributed by atoms with Crippen LogP contribution in [0.2, 0.25) is 0 Å². The lowest BCUT2D eigenvalue weighted by molar-refractivity contribution is 1.37. The summed E-state index contributed by atoms with van der Waals surface area (Å²) >= 11 is 0. The molecule has 7 rings (SSSR count). The van der Waals surface area contributed by atoms with Gasteiger partial charge in [-0.3, -0.25) is 9.97 Å². The van der Waals surface area contributed by atoms with Gasteiger partial charge in [0.2, 0.25) is 0 Å². The van der Waals surface area contributed by atoms with Crippen LogP contribution < -0.4 is 0 Å². The molecule has 0 fully saturated rings. The molecule has 0 saturated carbocycles. The molecule has 158 valence electrons. The van der Waals surface area contributed by atoms with Crippen molar-refractivity contribution in [1.29, 1.82) is 0 Å².